The van der Waals surface area contributed by atoms with Gasteiger partial charge in [0.15, 0.2) is 0 Å². The summed E-state index contributed by atoms with van der Waals surface area (Å²) < 4.78 is 75.0. The highest BCUT2D eigenvalue weighted by Crippen LogP contribution is 2.48. The average molecular weight is 820 g/mol. The number of nitrogens with zero attached hydrogens (tertiary/aromatic N) is 3. The van der Waals surface area contributed by atoms with Gasteiger partial charge in [-0.1, -0.05) is 37.3 Å². The normalized spacial score (nSPS) is 29.6. The van der Waals surface area contributed by atoms with Gasteiger partial charge in [0.05, 0.1) is 36.8 Å². The Labute approximate surface area is 330 Å². The Morgan fingerprint density at radius 1 is 1.21 bits per heavy atom. The number of pyridine rings is 1. The number of alkyl halides is 2. The van der Waals surface area contributed by atoms with Gasteiger partial charge >= 0.3 is 6.09 Å². The van der Waals surface area contributed by atoms with Crippen LogP contribution in [0, 0.1) is 5.92 Å². The van der Waals surface area contributed by atoms with E-state index in [1.165, 1.54) is 20.2 Å². The molecule has 1 aromatic carbocycles. The van der Waals surface area contributed by atoms with E-state index in [-0.39, 0.29) is 31.7 Å². The lowest BCUT2D eigenvalue weighted by Crippen LogP contribution is -2.66. The molecule has 3 N–H and O–H groups in total. The van der Waals surface area contributed by atoms with Gasteiger partial charge in [0.2, 0.25) is 27.7 Å². The fourth-order valence-electron chi connectivity index (χ4n) is 7.78. The highest BCUT2D eigenvalue weighted by Gasteiger charge is 2.63. The third-order valence-corrected chi connectivity index (χ3v) is 14.0. The third kappa shape index (κ3) is 7.98. The molecule has 2 aliphatic heterocycles. The van der Waals surface area contributed by atoms with Gasteiger partial charge in [0.1, 0.15) is 35.0 Å². The zero-order valence-electron chi connectivity index (χ0n) is 32.9. The van der Waals surface area contributed by atoms with Crippen LogP contribution in [0.3, 0.4) is 0 Å². The van der Waals surface area contributed by atoms with Gasteiger partial charge in [-0.05, 0) is 72.3 Å². The van der Waals surface area contributed by atoms with Gasteiger partial charge in [-0.3, -0.25) is 24.0 Å². The van der Waals surface area contributed by atoms with E-state index >= 15 is 4.79 Å². The Kier molecular flexibility index (Phi) is 11.5. The first-order valence-corrected chi connectivity index (χ1v) is 20.7. The van der Waals surface area contributed by atoms with Crippen molar-refractivity contribution in [3.8, 4) is 11.6 Å². The number of methoxy groups -OCH3 is 1. The van der Waals surface area contributed by atoms with Crippen LogP contribution in [0.15, 0.2) is 42.6 Å². The summed E-state index contributed by atoms with van der Waals surface area (Å²) in [5, 5.41) is 14.5. The zero-order chi connectivity index (χ0) is 41.7. The summed E-state index contributed by atoms with van der Waals surface area (Å²) in [6.45, 7) is 6.62. The Morgan fingerprint density at radius 3 is 2.51 bits per heavy atom. The highest BCUT2D eigenvalue weighted by molar-refractivity contribution is 7.91. The van der Waals surface area contributed by atoms with Gasteiger partial charge in [-0.15, -0.1) is 0 Å². The summed E-state index contributed by atoms with van der Waals surface area (Å²) in [5.74, 6) is -2.71. The molecule has 3 fully saturated rings. The van der Waals surface area contributed by atoms with E-state index in [9.17, 15) is 36.7 Å². The fraction of sp³-hybridized carbons (Fsp3) is 0.615. The number of amides is 4. The number of ether oxygens (including phenoxy) is 3. The largest absolute Gasteiger partial charge is 0.494 e. The summed E-state index contributed by atoms with van der Waals surface area (Å²) in [7, 11) is -2.61. The molecular formula is C39H51F2N5O10S. The van der Waals surface area contributed by atoms with Crippen LogP contribution in [-0.4, -0.2) is 118 Å². The molecule has 18 heteroatoms. The lowest BCUT2D eigenvalue weighted by Gasteiger charge is -2.45. The second-order valence-electron chi connectivity index (χ2n) is 16.3. The first-order chi connectivity index (χ1) is 26.8. The Morgan fingerprint density at radius 2 is 1.89 bits per heavy atom. The Balaban J connectivity index is 1.43. The molecule has 4 amide bonds. The second-order valence-corrected chi connectivity index (χ2v) is 18.5. The monoisotopic (exact) mass is 819 g/mol. The van der Waals surface area contributed by atoms with Crippen molar-refractivity contribution >= 4 is 44.6 Å². The van der Waals surface area contributed by atoms with E-state index in [4.69, 9.17) is 14.2 Å². The van der Waals surface area contributed by atoms with Gasteiger partial charge in [0, 0.05) is 23.1 Å². The van der Waals surface area contributed by atoms with Crippen molar-refractivity contribution in [1.29, 1.82) is 0 Å². The molecule has 2 aromatic rings. The smallest absolute Gasteiger partial charge is 0.408 e. The lowest BCUT2D eigenvalue weighted by atomic mass is 9.95. The van der Waals surface area contributed by atoms with Crippen molar-refractivity contribution < 1.29 is 55.7 Å². The maximum atomic E-state index is 15.1. The number of carboxylic acid groups (broad SMARTS) is 1. The molecular weight excluding hydrogens is 769 g/mol. The molecule has 57 heavy (non-hydrogen) atoms. The van der Waals surface area contributed by atoms with Crippen molar-refractivity contribution in [3.05, 3.63) is 42.6 Å². The van der Waals surface area contributed by atoms with Gasteiger partial charge in [-0.25, -0.2) is 27.0 Å². The number of sulfonamides is 1. The van der Waals surface area contributed by atoms with Gasteiger partial charge in [0.25, 0.3) is 12.3 Å². The first kappa shape index (κ1) is 42.0. The molecule has 0 unspecified atom stereocenters. The topological polar surface area (TPSA) is 194 Å². The van der Waals surface area contributed by atoms with Crippen molar-refractivity contribution in [3.63, 3.8) is 0 Å². The molecule has 4 aliphatic rings. The molecule has 0 spiro atoms. The number of aromatic nitrogens is 1. The van der Waals surface area contributed by atoms with Crippen LogP contribution < -0.4 is 19.5 Å². The maximum absolute atomic E-state index is 15.1. The summed E-state index contributed by atoms with van der Waals surface area (Å²) in [4.78, 5) is 62.5. The number of carbonyl (C=O) groups excluding carboxylic acids is 3. The highest BCUT2D eigenvalue weighted by atomic mass is 32.2. The number of rotatable bonds is 10. The van der Waals surface area contributed by atoms with Crippen molar-refractivity contribution in [1.82, 2.24) is 24.8 Å². The summed E-state index contributed by atoms with van der Waals surface area (Å²) in [5.41, 5.74) is -4.07. The minimum absolute atomic E-state index is 0.0465. The van der Waals surface area contributed by atoms with Gasteiger partial charge in [-0.2, -0.15) is 0 Å². The number of allylic oxidation sites excluding steroid dienone is 1. The minimum atomic E-state index is -4.10. The second kappa shape index (κ2) is 15.6. The van der Waals surface area contributed by atoms with Gasteiger partial charge < -0.3 is 29.5 Å². The Bertz CT molecular complexity index is 2050. The van der Waals surface area contributed by atoms with Crippen molar-refractivity contribution in [2.45, 2.75) is 132 Å². The predicted molar refractivity (Wildman–Crippen MR) is 203 cm³/mol. The SMILES string of the molecule is CC[C@@H]1O[C@H](C)CC/C=C\[C@@H]2C[C@@]2(C(=O)NS(=O)(=O)C2(C)CC2)NC(=O)[C@@H]2C[C@@H](Oc3ncc(OC)c4ccccc34)CN2C(=O)[C@H]1N(C(=O)O)C(C)(C)C(F)F. The van der Waals surface area contributed by atoms with E-state index in [2.05, 4.69) is 15.0 Å². The number of hydrogen-bond donors (Lipinski definition) is 3. The zero-order valence-corrected chi connectivity index (χ0v) is 33.7. The molecule has 2 aliphatic carbocycles. The Hall–Kier alpha value is -4.58. The molecule has 15 nitrogen and oxygen atoms in total. The number of halogens is 2. The number of fused-ring (bicyclic) bond motifs is 3. The van der Waals surface area contributed by atoms with Crippen LogP contribution in [0.25, 0.3) is 10.8 Å². The van der Waals surface area contributed by atoms with Crippen LogP contribution in [0.2, 0.25) is 0 Å². The fourth-order valence-corrected chi connectivity index (χ4v) is 9.09. The summed E-state index contributed by atoms with van der Waals surface area (Å²) in [6, 6.07) is 3.85. The van der Waals surface area contributed by atoms with Crippen molar-refractivity contribution in [2.75, 3.05) is 13.7 Å². The van der Waals surface area contributed by atoms with Crippen LogP contribution in [0.5, 0.6) is 11.6 Å². The minimum Gasteiger partial charge on any atom is -0.494 e. The van der Waals surface area contributed by atoms with Crippen LogP contribution in [-0.2, 0) is 29.1 Å². The van der Waals surface area contributed by atoms with Crippen LogP contribution in [0.4, 0.5) is 13.6 Å². The molecule has 0 radical (unpaired) electrons. The summed E-state index contributed by atoms with van der Waals surface area (Å²) >= 11 is 0. The molecule has 1 aromatic heterocycles. The molecule has 312 valence electrons. The molecule has 6 rings (SSSR count). The van der Waals surface area contributed by atoms with E-state index in [1.807, 2.05) is 0 Å². The predicted octanol–water partition coefficient (Wildman–Crippen LogP) is 4.39. The van der Waals surface area contributed by atoms with E-state index in [0.717, 1.165) is 18.7 Å². The van der Waals surface area contributed by atoms with E-state index in [1.54, 1.807) is 50.3 Å². The quantitative estimate of drug-likeness (QED) is 0.288. The van der Waals surface area contributed by atoms with Crippen LogP contribution >= 0.6 is 0 Å². The van der Waals surface area contributed by atoms with Crippen LogP contribution in [0.1, 0.15) is 79.6 Å². The molecule has 0 bridgehead atoms. The number of benzene rings is 1. The average Bonchev–Trinajstić information content (AvgIpc) is 4.04. The third-order valence-electron chi connectivity index (χ3n) is 11.8. The molecule has 3 heterocycles. The first-order valence-electron chi connectivity index (χ1n) is 19.2. The molecule has 1 saturated heterocycles. The number of nitrogens with one attached hydrogen (secondary N) is 2. The van der Waals surface area contributed by atoms with E-state index < -0.39 is 92.4 Å². The molecule has 7 atom stereocenters. The van der Waals surface area contributed by atoms with Crippen molar-refractivity contribution in [2.24, 2.45) is 5.92 Å². The standard InChI is InChI=1S/C39H51F2N5O10S/c1-7-28-30(46(36(50)51)37(3,4)34(40)41)33(48)45-21-24(56-32-26-15-11-10-14-25(26)29(54-6)20-42-32)18-27(45)31(47)43-39(19-23(39)13-9-8-12-22(2)55-28)35(49)44-57(52,53)38(5)16-17-38/h9-11,13-15,20,22-24,27-28,30,34H,7-8,12,16-19,21H2,1-6H3,(H,43,47)(H,44,49)(H,50,51)/b13-9-/t22-,23-,24-,27+,28+,30+,39-/m1/s1. The maximum Gasteiger partial charge on any atom is 0.408 e. The number of hydrogen-bond acceptors (Lipinski definition) is 10. The molecule has 2 saturated carbocycles. The number of carbonyl (C=O) groups is 4. The lowest BCUT2D eigenvalue weighted by molar-refractivity contribution is -0.156. The van der Waals surface area contributed by atoms with E-state index in [0.29, 0.717) is 47.1 Å². The summed E-state index contributed by atoms with van der Waals surface area (Å²) in [6.07, 6.45) is -1.33.